The summed E-state index contributed by atoms with van der Waals surface area (Å²) in [5, 5.41) is 5.19. The summed E-state index contributed by atoms with van der Waals surface area (Å²) in [7, 11) is 0. The van der Waals surface area contributed by atoms with Gasteiger partial charge >= 0.3 is 0 Å². The summed E-state index contributed by atoms with van der Waals surface area (Å²) in [5.74, 6) is 0.925. The van der Waals surface area contributed by atoms with E-state index in [1.165, 1.54) is 61.5 Å². The smallest absolute Gasteiger partial charge is 0.261 e. The Morgan fingerprint density at radius 2 is 1.79 bits per heavy atom. The van der Waals surface area contributed by atoms with Crippen molar-refractivity contribution >= 4 is 22.9 Å². The van der Waals surface area contributed by atoms with E-state index < -0.39 is 0 Å². The average Bonchev–Trinajstić information content (AvgIpc) is 3.29. The minimum absolute atomic E-state index is 0.106. The zero-order chi connectivity index (χ0) is 20.1. The summed E-state index contributed by atoms with van der Waals surface area (Å²) < 4.78 is 0. The lowest BCUT2D eigenvalue weighted by Gasteiger charge is -2.38. The van der Waals surface area contributed by atoms with Crippen LogP contribution in [0.5, 0.6) is 0 Å². The standard InChI is InChI=1S/C24H33N3OS/c1-19-5-2-3-6-22(19)27-16-14-26(15-17-27)13-12-20-8-10-21(11-9-20)25-24(28)23-7-4-18-29-23/h2-7,18,20-21H,8-17H2,1H3,(H,25,28). The fraction of sp³-hybridized carbons (Fsp3) is 0.542. The van der Waals surface area contributed by atoms with Crippen molar-refractivity contribution < 1.29 is 4.79 Å². The van der Waals surface area contributed by atoms with Crippen molar-refractivity contribution in [2.45, 2.75) is 45.1 Å². The number of aryl methyl sites for hydroxylation is 1. The van der Waals surface area contributed by atoms with Crippen LogP contribution in [0.1, 0.15) is 47.3 Å². The van der Waals surface area contributed by atoms with Gasteiger partial charge < -0.3 is 10.2 Å². The molecule has 156 valence electrons. The van der Waals surface area contributed by atoms with E-state index in [9.17, 15) is 4.79 Å². The second-order valence-corrected chi connectivity index (χ2v) is 9.52. The zero-order valence-electron chi connectivity index (χ0n) is 17.5. The molecule has 2 heterocycles. The molecule has 2 aromatic rings. The summed E-state index contributed by atoms with van der Waals surface area (Å²) >= 11 is 1.52. The van der Waals surface area contributed by atoms with E-state index in [4.69, 9.17) is 0 Å². The van der Waals surface area contributed by atoms with Crippen molar-refractivity contribution in [1.82, 2.24) is 10.2 Å². The van der Waals surface area contributed by atoms with Gasteiger partial charge in [-0.1, -0.05) is 24.3 Å². The molecule has 1 amide bonds. The van der Waals surface area contributed by atoms with Gasteiger partial charge in [0, 0.05) is 37.9 Å². The highest BCUT2D eigenvalue weighted by atomic mass is 32.1. The Balaban J connectivity index is 1.14. The number of nitrogens with zero attached hydrogens (tertiary/aromatic N) is 2. The Morgan fingerprint density at radius 1 is 1.03 bits per heavy atom. The van der Waals surface area contributed by atoms with Crippen LogP contribution >= 0.6 is 11.3 Å². The Bertz CT molecular complexity index is 775. The molecule has 0 radical (unpaired) electrons. The molecule has 0 atom stereocenters. The molecule has 1 aliphatic carbocycles. The number of amides is 1. The van der Waals surface area contributed by atoms with Crippen molar-refractivity contribution in [3.63, 3.8) is 0 Å². The molecule has 4 rings (SSSR count). The van der Waals surface area contributed by atoms with Crippen molar-refractivity contribution in [2.75, 3.05) is 37.6 Å². The fourth-order valence-electron chi connectivity index (χ4n) is 4.76. The quantitative estimate of drug-likeness (QED) is 0.757. The summed E-state index contributed by atoms with van der Waals surface area (Å²) in [6.07, 6.45) is 6.05. The van der Waals surface area contributed by atoms with Crippen LogP contribution in [0.3, 0.4) is 0 Å². The summed E-state index contributed by atoms with van der Waals surface area (Å²) in [6.45, 7) is 8.03. The first-order valence-corrected chi connectivity index (χ1v) is 11.9. The Labute approximate surface area is 178 Å². The third-order valence-corrected chi connectivity index (χ3v) is 7.48. The number of piperazine rings is 1. The zero-order valence-corrected chi connectivity index (χ0v) is 18.3. The highest BCUT2D eigenvalue weighted by Crippen LogP contribution is 2.28. The van der Waals surface area contributed by atoms with Crippen LogP contribution in [0.15, 0.2) is 41.8 Å². The Kier molecular flexibility index (Phi) is 6.88. The van der Waals surface area contributed by atoms with Crippen molar-refractivity contribution in [3.05, 3.63) is 52.2 Å². The molecule has 1 saturated heterocycles. The molecule has 1 aromatic carbocycles. The summed E-state index contributed by atoms with van der Waals surface area (Å²) in [5.41, 5.74) is 2.78. The molecule has 1 aliphatic heterocycles. The molecule has 0 bridgehead atoms. The molecule has 0 unspecified atom stereocenters. The van der Waals surface area contributed by atoms with Crippen molar-refractivity contribution in [1.29, 1.82) is 0 Å². The number of nitrogens with one attached hydrogen (secondary N) is 1. The summed E-state index contributed by atoms with van der Waals surface area (Å²) in [6, 6.07) is 12.9. The number of hydrogen-bond donors (Lipinski definition) is 1. The average molecular weight is 412 g/mol. The van der Waals surface area contributed by atoms with Crippen LogP contribution in [-0.4, -0.2) is 49.6 Å². The van der Waals surface area contributed by atoms with Crippen LogP contribution < -0.4 is 10.2 Å². The third-order valence-electron chi connectivity index (χ3n) is 6.61. The van der Waals surface area contributed by atoms with Gasteiger partial charge in [0.1, 0.15) is 0 Å². The fourth-order valence-corrected chi connectivity index (χ4v) is 5.38. The maximum Gasteiger partial charge on any atom is 0.261 e. The SMILES string of the molecule is Cc1ccccc1N1CCN(CCC2CCC(NC(=O)c3cccs3)CC2)CC1. The maximum absolute atomic E-state index is 12.2. The van der Waals surface area contributed by atoms with Crippen molar-refractivity contribution in [2.24, 2.45) is 5.92 Å². The lowest BCUT2D eigenvalue weighted by atomic mass is 9.84. The number of benzene rings is 1. The van der Waals surface area contributed by atoms with E-state index >= 15 is 0 Å². The van der Waals surface area contributed by atoms with E-state index in [1.807, 2.05) is 17.5 Å². The molecule has 1 aromatic heterocycles. The second-order valence-electron chi connectivity index (χ2n) is 8.57. The van der Waals surface area contributed by atoms with Crippen LogP contribution in [0.25, 0.3) is 0 Å². The van der Waals surface area contributed by atoms with Gasteiger partial charge in [-0.25, -0.2) is 0 Å². The molecule has 2 fully saturated rings. The number of carbonyl (C=O) groups is 1. The number of carbonyl (C=O) groups excluding carboxylic acids is 1. The normalized spacial score (nSPS) is 23.1. The van der Waals surface area contributed by atoms with Gasteiger partial charge in [-0.15, -0.1) is 11.3 Å². The maximum atomic E-state index is 12.2. The molecule has 0 spiro atoms. The monoisotopic (exact) mass is 411 g/mol. The van der Waals surface area contributed by atoms with E-state index in [2.05, 4.69) is 46.3 Å². The number of hydrogen-bond acceptors (Lipinski definition) is 4. The predicted octanol–water partition coefficient (Wildman–Crippen LogP) is 4.56. The molecule has 2 aliphatic rings. The minimum atomic E-state index is 0.106. The predicted molar refractivity (Wildman–Crippen MR) is 122 cm³/mol. The Hall–Kier alpha value is -1.85. The van der Waals surface area contributed by atoms with Gasteiger partial charge in [0.25, 0.3) is 5.91 Å². The molecule has 1 N–H and O–H groups in total. The lowest BCUT2D eigenvalue weighted by molar-refractivity contribution is 0.0924. The molecule has 29 heavy (non-hydrogen) atoms. The van der Waals surface area contributed by atoms with Gasteiger partial charge in [0.15, 0.2) is 0 Å². The Morgan fingerprint density at radius 3 is 2.48 bits per heavy atom. The molecular formula is C24H33N3OS. The van der Waals surface area contributed by atoms with Crippen molar-refractivity contribution in [3.8, 4) is 0 Å². The van der Waals surface area contributed by atoms with E-state index in [-0.39, 0.29) is 5.91 Å². The van der Waals surface area contributed by atoms with Crippen LogP contribution in [0.2, 0.25) is 0 Å². The minimum Gasteiger partial charge on any atom is -0.369 e. The largest absolute Gasteiger partial charge is 0.369 e. The highest BCUT2D eigenvalue weighted by molar-refractivity contribution is 7.12. The van der Waals surface area contributed by atoms with Gasteiger partial charge in [-0.2, -0.15) is 0 Å². The third kappa shape index (κ3) is 5.40. The van der Waals surface area contributed by atoms with E-state index in [1.54, 1.807) is 0 Å². The summed E-state index contributed by atoms with van der Waals surface area (Å²) in [4.78, 5) is 18.2. The van der Waals surface area contributed by atoms with Gasteiger partial charge in [-0.05, 0) is 74.6 Å². The van der Waals surface area contributed by atoms with Crippen LogP contribution in [-0.2, 0) is 0 Å². The molecule has 4 nitrogen and oxygen atoms in total. The van der Waals surface area contributed by atoms with Gasteiger partial charge in [0.05, 0.1) is 4.88 Å². The van der Waals surface area contributed by atoms with E-state index in [0.29, 0.717) is 6.04 Å². The van der Waals surface area contributed by atoms with Gasteiger partial charge in [-0.3, -0.25) is 9.69 Å². The van der Waals surface area contributed by atoms with Crippen LogP contribution in [0.4, 0.5) is 5.69 Å². The lowest BCUT2D eigenvalue weighted by Crippen LogP contribution is -2.47. The molecular weight excluding hydrogens is 378 g/mol. The number of rotatable bonds is 6. The molecule has 5 heteroatoms. The number of thiophene rings is 1. The second kappa shape index (κ2) is 9.77. The van der Waals surface area contributed by atoms with Gasteiger partial charge in [0.2, 0.25) is 0 Å². The molecule has 1 saturated carbocycles. The van der Waals surface area contributed by atoms with E-state index in [0.717, 1.165) is 36.7 Å². The highest BCUT2D eigenvalue weighted by Gasteiger charge is 2.24. The topological polar surface area (TPSA) is 35.6 Å². The number of para-hydroxylation sites is 1. The number of anilines is 1. The first-order valence-electron chi connectivity index (χ1n) is 11.1. The first kappa shape index (κ1) is 20.4. The first-order chi connectivity index (χ1) is 14.2. The van der Waals surface area contributed by atoms with Crippen LogP contribution in [0, 0.1) is 12.8 Å².